The second-order valence-corrected chi connectivity index (χ2v) is 8.01. The van der Waals surface area contributed by atoms with Crippen LogP contribution >= 0.6 is 27.7 Å². The van der Waals surface area contributed by atoms with Crippen molar-refractivity contribution in [1.29, 1.82) is 0 Å². The van der Waals surface area contributed by atoms with Gasteiger partial charge in [-0.15, -0.1) is 0 Å². The van der Waals surface area contributed by atoms with Gasteiger partial charge in [0.05, 0.1) is 18.4 Å². The number of hydrogen-bond acceptors (Lipinski definition) is 5. The van der Waals surface area contributed by atoms with Crippen LogP contribution < -0.4 is 10.1 Å². The number of aromatic amines is 1. The molecule has 0 bridgehead atoms. The Morgan fingerprint density at radius 2 is 2.04 bits per heavy atom. The quantitative estimate of drug-likeness (QED) is 0.334. The minimum Gasteiger partial charge on any atom is -0.497 e. The highest BCUT2D eigenvalue weighted by atomic mass is 79.9. The van der Waals surface area contributed by atoms with Gasteiger partial charge in [0.1, 0.15) is 22.6 Å². The number of carbonyl (C=O) groups excluding carboxylic acids is 1. The number of ether oxygens (including phenoxy) is 1. The fourth-order valence-electron chi connectivity index (χ4n) is 2.88. The zero-order chi connectivity index (χ0) is 19.5. The standard InChI is InChI=1S/C20H17BrN4O2S/c1-27-14-5-2-12(3-6-14)9-22-17(26)10-28-20-19-18(23-11-24-20)15-8-13(21)4-7-16(15)25-19/h2-8,11,25H,9-10H2,1H3,(H,22,26). The lowest BCUT2D eigenvalue weighted by Gasteiger charge is -2.06. The molecule has 0 unspecified atom stereocenters. The highest BCUT2D eigenvalue weighted by molar-refractivity contribution is 9.10. The molecule has 0 aliphatic rings. The molecule has 0 aliphatic carbocycles. The van der Waals surface area contributed by atoms with E-state index < -0.39 is 0 Å². The number of nitrogens with zero attached hydrogens (tertiary/aromatic N) is 2. The third-order valence-electron chi connectivity index (χ3n) is 4.30. The summed E-state index contributed by atoms with van der Waals surface area (Å²) in [5.41, 5.74) is 3.71. The summed E-state index contributed by atoms with van der Waals surface area (Å²) in [6.07, 6.45) is 1.54. The molecule has 8 heteroatoms. The van der Waals surface area contributed by atoms with Gasteiger partial charge in [-0.2, -0.15) is 0 Å². The zero-order valence-corrected chi connectivity index (χ0v) is 17.4. The first-order valence-corrected chi connectivity index (χ1v) is 10.4. The Bertz CT molecular complexity index is 1140. The van der Waals surface area contributed by atoms with Gasteiger partial charge in [0, 0.05) is 21.9 Å². The molecule has 6 nitrogen and oxygen atoms in total. The Morgan fingerprint density at radius 3 is 2.82 bits per heavy atom. The SMILES string of the molecule is COc1ccc(CNC(=O)CSc2ncnc3c2[nH]c2ccc(Br)cc23)cc1. The minimum absolute atomic E-state index is 0.0496. The molecule has 0 radical (unpaired) electrons. The Labute approximate surface area is 174 Å². The first kappa shape index (κ1) is 18.8. The number of carbonyl (C=O) groups is 1. The first-order chi connectivity index (χ1) is 13.6. The van der Waals surface area contributed by atoms with Gasteiger partial charge in [-0.1, -0.05) is 39.8 Å². The molecule has 0 saturated heterocycles. The van der Waals surface area contributed by atoms with E-state index in [0.29, 0.717) is 6.54 Å². The number of halogens is 1. The molecular formula is C20H17BrN4O2S. The van der Waals surface area contributed by atoms with Crippen molar-refractivity contribution in [2.75, 3.05) is 12.9 Å². The van der Waals surface area contributed by atoms with Gasteiger partial charge in [0.2, 0.25) is 5.91 Å². The van der Waals surface area contributed by atoms with Crippen LogP contribution in [0, 0.1) is 0 Å². The average Bonchev–Trinajstić information content (AvgIpc) is 3.09. The van der Waals surface area contributed by atoms with Gasteiger partial charge >= 0.3 is 0 Å². The molecule has 0 spiro atoms. The summed E-state index contributed by atoms with van der Waals surface area (Å²) < 4.78 is 6.13. The average molecular weight is 457 g/mol. The van der Waals surface area contributed by atoms with Crippen LogP contribution in [0.3, 0.4) is 0 Å². The van der Waals surface area contributed by atoms with E-state index in [0.717, 1.165) is 42.7 Å². The lowest BCUT2D eigenvalue weighted by atomic mass is 10.2. The van der Waals surface area contributed by atoms with Gasteiger partial charge < -0.3 is 15.0 Å². The predicted molar refractivity (Wildman–Crippen MR) is 115 cm³/mol. The van der Waals surface area contributed by atoms with E-state index >= 15 is 0 Å². The van der Waals surface area contributed by atoms with E-state index in [1.165, 1.54) is 18.1 Å². The molecule has 142 valence electrons. The summed E-state index contributed by atoms with van der Waals surface area (Å²) in [6, 6.07) is 13.6. The number of methoxy groups -OCH3 is 1. The van der Waals surface area contributed by atoms with Gasteiger partial charge in [-0.05, 0) is 35.9 Å². The summed E-state index contributed by atoms with van der Waals surface area (Å²) >= 11 is 4.89. The topological polar surface area (TPSA) is 79.9 Å². The van der Waals surface area contributed by atoms with Crippen LogP contribution in [0.4, 0.5) is 0 Å². The van der Waals surface area contributed by atoms with Crippen molar-refractivity contribution in [3.05, 3.63) is 58.8 Å². The van der Waals surface area contributed by atoms with Crippen molar-refractivity contribution in [2.45, 2.75) is 11.6 Å². The molecule has 0 fully saturated rings. The number of fused-ring (bicyclic) bond motifs is 3. The molecule has 4 aromatic rings. The maximum absolute atomic E-state index is 12.2. The molecule has 4 rings (SSSR count). The third kappa shape index (κ3) is 3.98. The number of benzene rings is 2. The molecule has 2 heterocycles. The number of thioether (sulfide) groups is 1. The zero-order valence-electron chi connectivity index (χ0n) is 15.0. The molecule has 2 aromatic heterocycles. The third-order valence-corrected chi connectivity index (χ3v) is 5.78. The Balaban J connectivity index is 1.43. The molecule has 0 atom stereocenters. The number of rotatable bonds is 6. The van der Waals surface area contributed by atoms with Crippen LogP contribution in [0.5, 0.6) is 5.75 Å². The van der Waals surface area contributed by atoms with Crippen molar-refractivity contribution in [3.63, 3.8) is 0 Å². The Hall–Kier alpha value is -2.58. The van der Waals surface area contributed by atoms with Crippen LogP contribution in [-0.2, 0) is 11.3 Å². The monoisotopic (exact) mass is 456 g/mol. The van der Waals surface area contributed by atoms with Gasteiger partial charge in [0.15, 0.2) is 0 Å². The smallest absolute Gasteiger partial charge is 0.230 e. The predicted octanol–water partition coefficient (Wildman–Crippen LogP) is 4.29. The first-order valence-electron chi connectivity index (χ1n) is 8.58. The van der Waals surface area contributed by atoms with Gasteiger partial charge in [-0.3, -0.25) is 4.79 Å². The van der Waals surface area contributed by atoms with E-state index in [9.17, 15) is 4.79 Å². The highest BCUT2D eigenvalue weighted by Crippen LogP contribution is 2.31. The maximum atomic E-state index is 12.2. The van der Waals surface area contributed by atoms with Gasteiger partial charge in [-0.25, -0.2) is 9.97 Å². The second kappa shape index (κ2) is 8.20. The molecule has 1 amide bonds. The molecular weight excluding hydrogens is 440 g/mol. The Kier molecular flexibility index (Phi) is 5.50. The number of hydrogen-bond donors (Lipinski definition) is 2. The van der Waals surface area contributed by atoms with Gasteiger partial charge in [0.25, 0.3) is 0 Å². The van der Waals surface area contributed by atoms with Crippen molar-refractivity contribution in [1.82, 2.24) is 20.3 Å². The van der Waals surface area contributed by atoms with Crippen LogP contribution in [0.1, 0.15) is 5.56 Å². The molecule has 0 saturated carbocycles. The Morgan fingerprint density at radius 1 is 1.21 bits per heavy atom. The maximum Gasteiger partial charge on any atom is 0.230 e. The minimum atomic E-state index is -0.0496. The van der Waals surface area contributed by atoms with Crippen molar-refractivity contribution >= 4 is 55.5 Å². The van der Waals surface area contributed by atoms with Crippen molar-refractivity contribution in [3.8, 4) is 5.75 Å². The summed E-state index contributed by atoms with van der Waals surface area (Å²) in [4.78, 5) is 24.4. The van der Waals surface area contributed by atoms with Crippen molar-refractivity contribution < 1.29 is 9.53 Å². The van der Waals surface area contributed by atoms with Crippen LogP contribution in [-0.4, -0.2) is 33.7 Å². The van der Waals surface area contributed by atoms with Crippen LogP contribution in [0.2, 0.25) is 0 Å². The normalized spacial score (nSPS) is 11.1. The van der Waals surface area contributed by atoms with Crippen LogP contribution in [0.25, 0.3) is 21.9 Å². The number of H-pyrrole nitrogens is 1. The fourth-order valence-corrected chi connectivity index (χ4v) is 4.03. The van der Waals surface area contributed by atoms with E-state index in [1.807, 2.05) is 42.5 Å². The largest absolute Gasteiger partial charge is 0.497 e. The summed E-state index contributed by atoms with van der Waals surface area (Å²) in [5, 5.41) is 4.71. The summed E-state index contributed by atoms with van der Waals surface area (Å²) in [7, 11) is 1.63. The van der Waals surface area contributed by atoms with E-state index in [-0.39, 0.29) is 11.7 Å². The summed E-state index contributed by atoms with van der Waals surface area (Å²) in [6.45, 7) is 0.475. The van der Waals surface area contributed by atoms with E-state index in [4.69, 9.17) is 4.74 Å². The summed E-state index contributed by atoms with van der Waals surface area (Å²) in [5.74, 6) is 1.02. The van der Waals surface area contributed by atoms with E-state index in [1.54, 1.807) is 7.11 Å². The molecule has 2 N–H and O–H groups in total. The fraction of sp³-hybridized carbons (Fsp3) is 0.150. The second-order valence-electron chi connectivity index (χ2n) is 6.13. The molecule has 28 heavy (non-hydrogen) atoms. The lowest BCUT2D eigenvalue weighted by molar-refractivity contribution is -0.118. The molecule has 2 aromatic carbocycles. The number of nitrogens with one attached hydrogen (secondary N) is 2. The van der Waals surface area contributed by atoms with E-state index in [2.05, 4.69) is 36.2 Å². The number of amides is 1. The highest BCUT2D eigenvalue weighted by Gasteiger charge is 2.13. The molecule has 0 aliphatic heterocycles. The van der Waals surface area contributed by atoms with Crippen molar-refractivity contribution in [2.24, 2.45) is 0 Å². The van der Waals surface area contributed by atoms with Crippen LogP contribution in [0.15, 0.2) is 58.3 Å². The number of aromatic nitrogens is 3. The lowest BCUT2D eigenvalue weighted by Crippen LogP contribution is -2.24.